The van der Waals surface area contributed by atoms with Crippen LogP contribution in [-0.2, 0) is 34.5 Å². The molecule has 0 aliphatic heterocycles. The van der Waals surface area contributed by atoms with Crippen molar-refractivity contribution in [1.29, 1.82) is 0 Å². The van der Waals surface area contributed by atoms with Crippen LogP contribution in [0.1, 0.15) is 60.9 Å². The van der Waals surface area contributed by atoms with E-state index >= 15 is 0 Å². The van der Waals surface area contributed by atoms with Crippen molar-refractivity contribution in [3.05, 3.63) is 86.3 Å². The molecular weight excluding hydrogens is 562 g/mol. The van der Waals surface area contributed by atoms with E-state index in [-0.39, 0.29) is 18.1 Å². The Kier molecular flexibility index (Phi) is 7.82. The van der Waals surface area contributed by atoms with Gasteiger partial charge in [0.15, 0.2) is 29.9 Å². The van der Waals surface area contributed by atoms with Crippen molar-refractivity contribution in [2.75, 3.05) is 0 Å². The molecule has 12 heteroatoms. The molecule has 0 amide bonds. The summed E-state index contributed by atoms with van der Waals surface area (Å²) < 4.78 is 25.5. The van der Waals surface area contributed by atoms with Crippen LogP contribution in [0.15, 0.2) is 50.3 Å². The number of rotatable bonds is 8. The first kappa shape index (κ1) is 29.3. The van der Waals surface area contributed by atoms with E-state index in [1.807, 2.05) is 64.7 Å². The molecular formula is C30H32ClN5O6. The van der Waals surface area contributed by atoms with E-state index in [4.69, 9.17) is 40.0 Å². The third-order valence-electron chi connectivity index (χ3n) is 6.64. The van der Waals surface area contributed by atoms with Crippen LogP contribution in [0, 0.1) is 20.8 Å². The van der Waals surface area contributed by atoms with E-state index in [2.05, 4.69) is 5.10 Å². The number of ether oxygens (including phenoxy) is 2. The molecule has 5 aromatic rings. The molecule has 0 unspecified atom stereocenters. The van der Waals surface area contributed by atoms with Gasteiger partial charge in [-0.2, -0.15) is 10.2 Å². The summed E-state index contributed by atoms with van der Waals surface area (Å²) in [5.74, 6) is -1.18. The Morgan fingerprint density at radius 3 is 2.40 bits per heavy atom. The van der Waals surface area contributed by atoms with Gasteiger partial charge in [0.05, 0.1) is 29.4 Å². The third kappa shape index (κ3) is 6.02. The topological polar surface area (TPSA) is 127 Å². The fourth-order valence-corrected chi connectivity index (χ4v) is 5.01. The zero-order chi connectivity index (χ0) is 30.3. The Labute approximate surface area is 247 Å². The molecule has 0 aliphatic carbocycles. The normalized spacial score (nSPS) is 12.7. The fraction of sp³-hybridized carbons (Fsp3) is 0.367. The van der Waals surface area contributed by atoms with Gasteiger partial charge in [0.1, 0.15) is 0 Å². The van der Waals surface area contributed by atoms with Crippen LogP contribution in [0.5, 0.6) is 0 Å². The predicted octanol–water partition coefficient (Wildman–Crippen LogP) is 5.60. The van der Waals surface area contributed by atoms with Crippen molar-refractivity contribution in [3.8, 4) is 11.1 Å². The molecule has 0 radical (unpaired) electrons. The second-order valence-electron chi connectivity index (χ2n) is 11.1. The Morgan fingerprint density at radius 1 is 1.10 bits per heavy atom. The van der Waals surface area contributed by atoms with E-state index in [9.17, 15) is 9.59 Å². The molecule has 0 saturated heterocycles. The van der Waals surface area contributed by atoms with Gasteiger partial charge >= 0.3 is 11.8 Å². The number of nitrogens with zero attached hydrogens (tertiary/aromatic N) is 5. The second kappa shape index (κ2) is 11.2. The molecule has 0 N–H and O–H groups in total. The monoisotopic (exact) mass is 593 g/mol. The lowest BCUT2D eigenvalue weighted by atomic mass is 9.91. The number of hydrogen-bond donors (Lipinski definition) is 0. The Hall–Kier alpha value is -4.22. The summed E-state index contributed by atoms with van der Waals surface area (Å²) in [6.45, 7) is 11.0. The molecule has 0 bridgehead atoms. The summed E-state index contributed by atoms with van der Waals surface area (Å²) in [5.41, 5.74) is 4.27. The maximum atomic E-state index is 13.8. The van der Waals surface area contributed by atoms with Gasteiger partial charge in [0, 0.05) is 40.7 Å². The average molecular weight is 594 g/mol. The molecule has 0 spiro atoms. The summed E-state index contributed by atoms with van der Waals surface area (Å²) in [6, 6.07) is 7.36. The average Bonchev–Trinajstić information content (AvgIpc) is 3.56. The van der Waals surface area contributed by atoms with E-state index in [0.29, 0.717) is 28.5 Å². The van der Waals surface area contributed by atoms with Gasteiger partial charge in [-0.25, -0.2) is 19.3 Å². The van der Waals surface area contributed by atoms with Crippen LogP contribution in [0.2, 0.25) is 5.02 Å². The molecule has 11 nitrogen and oxygen atoms in total. The molecule has 5 rings (SSSR count). The zero-order valence-corrected chi connectivity index (χ0v) is 25.3. The van der Waals surface area contributed by atoms with E-state index in [1.165, 1.54) is 0 Å². The van der Waals surface area contributed by atoms with Crippen molar-refractivity contribution in [1.82, 2.24) is 24.5 Å². The lowest BCUT2D eigenvalue weighted by Crippen LogP contribution is -2.30. The SMILES string of the molecule is Cc1nc2c(c(C)nn2Cc2cnn(C)c2)c(-c2ccc(Cl)cc2)c1[C@H](OC(C)(C)C)C(=O)OCc1oc(=O)oc1C. The summed E-state index contributed by atoms with van der Waals surface area (Å²) in [5, 5.41) is 10.4. The molecule has 0 saturated carbocycles. The van der Waals surface area contributed by atoms with Gasteiger partial charge in [-0.1, -0.05) is 23.7 Å². The quantitative estimate of drug-likeness (QED) is 0.211. The van der Waals surface area contributed by atoms with Crippen molar-refractivity contribution in [2.45, 2.75) is 66.4 Å². The van der Waals surface area contributed by atoms with Crippen LogP contribution < -0.4 is 5.82 Å². The lowest BCUT2D eigenvalue weighted by molar-refractivity contribution is -0.169. The smallest absolute Gasteiger partial charge is 0.455 e. The number of carbonyl (C=O) groups is 1. The van der Waals surface area contributed by atoms with Gasteiger partial charge < -0.3 is 18.3 Å². The van der Waals surface area contributed by atoms with Crippen LogP contribution in [0.3, 0.4) is 0 Å². The summed E-state index contributed by atoms with van der Waals surface area (Å²) in [4.78, 5) is 30.3. The third-order valence-corrected chi connectivity index (χ3v) is 6.89. The first-order chi connectivity index (χ1) is 19.8. The molecule has 1 aromatic carbocycles. The predicted molar refractivity (Wildman–Crippen MR) is 155 cm³/mol. The van der Waals surface area contributed by atoms with Gasteiger partial charge in [0.25, 0.3) is 0 Å². The lowest BCUT2D eigenvalue weighted by Gasteiger charge is -2.29. The largest absolute Gasteiger partial charge is 0.519 e. The van der Waals surface area contributed by atoms with E-state index < -0.39 is 23.5 Å². The van der Waals surface area contributed by atoms with E-state index in [1.54, 1.807) is 29.9 Å². The van der Waals surface area contributed by atoms with Crippen molar-refractivity contribution < 1.29 is 23.1 Å². The first-order valence-electron chi connectivity index (χ1n) is 13.4. The number of fused-ring (bicyclic) bond motifs is 1. The van der Waals surface area contributed by atoms with Crippen LogP contribution >= 0.6 is 11.6 Å². The number of esters is 1. The van der Waals surface area contributed by atoms with Crippen LogP contribution in [0.25, 0.3) is 22.2 Å². The Balaban J connectivity index is 1.69. The molecule has 0 fully saturated rings. The highest BCUT2D eigenvalue weighted by molar-refractivity contribution is 6.30. The molecule has 220 valence electrons. The summed E-state index contributed by atoms with van der Waals surface area (Å²) in [6.07, 6.45) is 2.54. The van der Waals surface area contributed by atoms with E-state index in [0.717, 1.165) is 27.8 Å². The number of halogens is 1. The first-order valence-corrected chi connectivity index (χ1v) is 13.7. The summed E-state index contributed by atoms with van der Waals surface area (Å²) >= 11 is 6.26. The van der Waals surface area contributed by atoms with Crippen molar-refractivity contribution in [2.24, 2.45) is 7.05 Å². The van der Waals surface area contributed by atoms with Gasteiger partial charge in [-0.3, -0.25) is 4.68 Å². The fourth-order valence-electron chi connectivity index (χ4n) is 4.88. The number of aromatic nitrogens is 5. The number of pyridine rings is 1. The van der Waals surface area contributed by atoms with Crippen molar-refractivity contribution >= 4 is 28.6 Å². The Morgan fingerprint density at radius 2 is 1.81 bits per heavy atom. The van der Waals surface area contributed by atoms with Gasteiger partial charge in [0.2, 0.25) is 0 Å². The number of hydrogen-bond acceptors (Lipinski definition) is 9. The maximum absolute atomic E-state index is 13.8. The van der Waals surface area contributed by atoms with Crippen molar-refractivity contribution in [3.63, 3.8) is 0 Å². The van der Waals surface area contributed by atoms with Crippen LogP contribution in [0.4, 0.5) is 0 Å². The molecule has 4 aromatic heterocycles. The number of aryl methyl sites for hydroxylation is 4. The van der Waals surface area contributed by atoms with Gasteiger partial charge in [-0.15, -0.1) is 0 Å². The number of benzene rings is 1. The van der Waals surface area contributed by atoms with Crippen LogP contribution in [-0.4, -0.2) is 36.1 Å². The highest BCUT2D eigenvalue weighted by atomic mass is 35.5. The highest BCUT2D eigenvalue weighted by Gasteiger charge is 2.35. The minimum Gasteiger partial charge on any atom is -0.455 e. The standard InChI is InChI=1S/C30H32ClN5O6/c1-16-23(26(42-30(4,5)6)28(37)39-15-22-18(3)40-29(38)41-22)25(20-8-10-21(31)11-9-20)24-17(2)34-36(27(24)33-16)14-19-12-32-35(7)13-19/h8-13,26H,14-15H2,1-7H3/t26-/m0/s1. The molecule has 42 heavy (non-hydrogen) atoms. The highest BCUT2D eigenvalue weighted by Crippen LogP contribution is 2.41. The maximum Gasteiger partial charge on any atom is 0.519 e. The Bertz CT molecular complexity index is 1820. The second-order valence-corrected chi connectivity index (χ2v) is 11.5. The molecule has 1 atom stereocenters. The summed E-state index contributed by atoms with van der Waals surface area (Å²) in [7, 11) is 1.86. The molecule has 4 heterocycles. The minimum atomic E-state index is -1.17. The zero-order valence-electron chi connectivity index (χ0n) is 24.5. The van der Waals surface area contributed by atoms with Gasteiger partial charge in [-0.05, 0) is 59.2 Å². The number of carbonyl (C=O) groups excluding carboxylic acids is 1. The minimum absolute atomic E-state index is 0.124. The molecule has 0 aliphatic rings.